The molecule has 2 atom stereocenters. The van der Waals surface area contributed by atoms with Crippen molar-refractivity contribution >= 4 is 17.4 Å². The van der Waals surface area contributed by atoms with Crippen molar-refractivity contribution < 1.29 is 23.8 Å². The van der Waals surface area contributed by atoms with Crippen LogP contribution in [-0.2, 0) is 14.3 Å². The van der Waals surface area contributed by atoms with Gasteiger partial charge in [0.25, 0.3) is 11.7 Å². The lowest BCUT2D eigenvalue weighted by molar-refractivity contribution is -0.140. The number of ketones is 1. The predicted octanol–water partition coefficient (Wildman–Crippen LogP) is 3.43. The Kier molecular flexibility index (Phi) is 4.96. The molecule has 0 spiro atoms. The first-order valence-corrected chi connectivity index (χ1v) is 9.27. The maximum absolute atomic E-state index is 13.9. The summed E-state index contributed by atoms with van der Waals surface area (Å²) in [5.41, 5.74) is 0.841. The van der Waals surface area contributed by atoms with E-state index in [1.165, 1.54) is 23.1 Å². The number of hydrogen-bond donors (Lipinski definition) is 1. The number of ether oxygens (including phenoxy) is 1. The number of benzene rings is 2. The first-order chi connectivity index (χ1) is 13.6. The number of carbonyl (C=O) groups is 2. The smallest absolute Gasteiger partial charge is 0.295 e. The number of carbonyl (C=O) groups excluding carboxylic acids is 2. The van der Waals surface area contributed by atoms with Gasteiger partial charge in [-0.25, -0.2) is 4.39 Å². The van der Waals surface area contributed by atoms with Crippen LogP contribution >= 0.6 is 0 Å². The SMILES string of the molecule is O=C1C(=O)N(C[C@H]2CCCO2)[C@H](c2cccc(F)c2)C1=C(O)c1ccccc1. The van der Waals surface area contributed by atoms with Crippen LogP contribution in [0.2, 0.25) is 0 Å². The number of aliphatic hydroxyl groups is 1. The van der Waals surface area contributed by atoms with Crippen LogP contribution in [0.3, 0.4) is 0 Å². The third-order valence-corrected chi connectivity index (χ3v) is 5.18. The summed E-state index contributed by atoms with van der Waals surface area (Å²) in [6.45, 7) is 0.834. The van der Waals surface area contributed by atoms with Crippen LogP contribution in [0, 0.1) is 5.82 Å². The molecule has 2 saturated heterocycles. The van der Waals surface area contributed by atoms with Crippen molar-refractivity contribution in [3.05, 3.63) is 77.1 Å². The van der Waals surface area contributed by atoms with Crippen LogP contribution in [0.4, 0.5) is 4.39 Å². The molecule has 2 aromatic rings. The molecule has 4 rings (SSSR count). The van der Waals surface area contributed by atoms with Gasteiger partial charge in [0.1, 0.15) is 11.6 Å². The Morgan fingerprint density at radius 1 is 1.14 bits per heavy atom. The molecule has 2 aliphatic heterocycles. The average molecular weight is 381 g/mol. The summed E-state index contributed by atoms with van der Waals surface area (Å²) in [6.07, 6.45) is 1.51. The number of Topliss-reactive ketones (excluding diaryl/α,β-unsaturated/α-hetero) is 1. The Hall–Kier alpha value is -2.99. The van der Waals surface area contributed by atoms with Gasteiger partial charge in [-0.1, -0.05) is 42.5 Å². The third kappa shape index (κ3) is 3.31. The van der Waals surface area contributed by atoms with Crippen LogP contribution in [-0.4, -0.2) is 41.0 Å². The Labute approximate surface area is 162 Å². The van der Waals surface area contributed by atoms with Gasteiger partial charge in [0.2, 0.25) is 0 Å². The monoisotopic (exact) mass is 381 g/mol. The molecular weight excluding hydrogens is 361 g/mol. The maximum atomic E-state index is 13.9. The zero-order chi connectivity index (χ0) is 19.7. The summed E-state index contributed by atoms with van der Waals surface area (Å²) < 4.78 is 19.5. The van der Waals surface area contributed by atoms with E-state index in [-0.39, 0.29) is 24.0 Å². The molecule has 2 fully saturated rings. The molecule has 28 heavy (non-hydrogen) atoms. The summed E-state index contributed by atoms with van der Waals surface area (Å²) in [5.74, 6) is -2.21. The molecule has 0 aliphatic carbocycles. The highest BCUT2D eigenvalue weighted by atomic mass is 19.1. The van der Waals surface area contributed by atoms with Crippen molar-refractivity contribution in [3.63, 3.8) is 0 Å². The first kappa shape index (κ1) is 18.4. The fourth-order valence-corrected chi connectivity index (χ4v) is 3.85. The first-order valence-electron chi connectivity index (χ1n) is 9.27. The minimum absolute atomic E-state index is 0.0280. The highest BCUT2D eigenvalue weighted by Gasteiger charge is 2.47. The van der Waals surface area contributed by atoms with E-state index in [4.69, 9.17) is 4.74 Å². The summed E-state index contributed by atoms with van der Waals surface area (Å²) in [7, 11) is 0. The summed E-state index contributed by atoms with van der Waals surface area (Å²) in [6, 6.07) is 13.5. The Morgan fingerprint density at radius 3 is 2.61 bits per heavy atom. The Bertz CT molecular complexity index is 935. The van der Waals surface area contributed by atoms with Gasteiger partial charge in [0.15, 0.2) is 0 Å². The van der Waals surface area contributed by atoms with Crippen LogP contribution in [0.1, 0.15) is 30.0 Å². The van der Waals surface area contributed by atoms with E-state index in [1.807, 2.05) is 0 Å². The van der Waals surface area contributed by atoms with E-state index >= 15 is 0 Å². The van der Waals surface area contributed by atoms with Crippen LogP contribution < -0.4 is 0 Å². The Morgan fingerprint density at radius 2 is 1.93 bits per heavy atom. The van der Waals surface area contributed by atoms with Crippen molar-refractivity contribution in [1.82, 2.24) is 4.90 Å². The van der Waals surface area contributed by atoms with Crippen molar-refractivity contribution in [1.29, 1.82) is 0 Å². The fourth-order valence-electron chi connectivity index (χ4n) is 3.85. The average Bonchev–Trinajstić information content (AvgIpc) is 3.30. The quantitative estimate of drug-likeness (QED) is 0.501. The molecule has 0 unspecified atom stereocenters. The molecule has 2 heterocycles. The predicted molar refractivity (Wildman–Crippen MR) is 101 cm³/mol. The standard InChI is InChI=1S/C22H20FNO4/c23-16-9-4-8-15(12-16)19-18(20(25)14-6-2-1-3-7-14)21(26)22(27)24(19)13-17-10-5-11-28-17/h1-4,6-9,12,17,19,25H,5,10-11,13H2/t17-,19-/m1/s1. The number of aliphatic hydroxyl groups excluding tert-OH is 1. The fraction of sp³-hybridized carbons (Fsp3) is 0.273. The molecule has 1 N–H and O–H groups in total. The molecule has 1 amide bonds. The minimum atomic E-state index is -0.861. The number of rotatable bonds is 4. The second-order valence-electron chi connectivity index (χ2n) is 7.01. The minimum Gasteiger partial charge on any atom is -0.507 e. The molecule has 0 bridgehead atoms. The van der Waals surface area contributed by atoms with Crippen LogP contribution in [0.25, 0.3) is 5.76 Å². The molecule has 6 heteroatoms. The van der Waals surface area contributed by atoms with E-state index < -0.39 is 23.5 Å². The normalized spacial score (nSPS) is 24.1. The maximum Gasteiger partial charge on any atom is 0.295 e. The van der Waals surface area contributed by atoms with Crippen molar-refractivity contribution in [3.8, 4) is 0 Å². The van der Waals surface area contributed by atoms with E-state index in [9.17, 15) is 19.1 Å². The third-order valence-electron chi connectivity index (χ3n) is 5.18. The molecule has 2 aliphatic rings. The zero-order valence-electron chi connectivity index (χ0n) is 15.2. The van der Waals surface area contributed by atoms with Crippen molar-refractivity contribution in [2.75, 3.05) is 13.2 Å². The number of hydrogen-bond acceptors (Lipinski definition) is 4. The van der Waals surface area contributed by atoms with Crippen molar-refractivity contribution in [2.45, 2.75) is 25.0 Å². The number of halogens is 1. The van der Waals surface area contributed by atoms with Crippen LogP contribution in [0.5, 0.6) is 0 Å². The summed E-state index contributed by atoms with van der Waals surface area (Å²) in [5, 5.41) is 10.8. The van der Waals surface area contributed by atoms with Gasteiger partial charge in [-0.15, -0.1) is 0 Å². The highest BCUT2D eigenvalue weighted by Crippen LogP contribution is 2.40. The van der Waals surface area contributed by atoms with Crippen LogP contribution in [0.15, 0.2) is 60.2 Å². The summed E-state index contributed by atoms with van der Waals surface area (Å²) in [4.78, 5) is 27.0. The van der Waals surface area contributed by atoms with Gasteiger partial charge in [-0.05, 0) is 30.5 Å². The second-order valence-corrected chi connectivity index (χ2v) is 7.01. The van der Waals surface area contributed by atoms with Crippen molar-refractivity contribution in [2.24, 2.45) is 0 Å². The van der Waals surface area contributed by atoms with E-state index in [1.54, 1.807) is 36.4 Å². The lowest BCUT2D eigenvalue weighted by Gasteiger charge is -2.27. The molecule has 0 aromatic heterocycles. The topological polar surface area (TPSA) is 66.8 Å². The zero-order valence-corrected chi connectivity index (χ0v) is 15.2. The highest BCUT2D eigenvalue weighted by molar-refractivity contribution is 6.46. The molecule has 144 valence electrons. The molecule has 2 aromatic carbocycles. The second kappa shape index (κ2) is 7.56. The van der Waals surface area contributed by atoms with E-state index in [2.05, 4.69) is 0 Å². The van der Waals surface area contributed by atoms with Gasteiger partial charge >= 0.3 is 0 Å². The van der Waals surface area contributed by atoms with E-state index in [0.717, 1.165) is 12.8 Å². The van der Waals surface area contributed by atoms with Gasteiger partial charge < -0.3 is 14.7 Å². The number of amides is 1. The number of likely N-dealkylation sites (tertiary alicyclic amines) is 1. The molecule has 0 saturated carbocycles. The van der Waals surface area contributed by atoms with E-state index in [0.29, 0.717) is 17.7 Å². The lowest BCUT2D eigenvalue weighted by Crippen LogP contribution is -2.36. The molecule has 0 radical (unpaired) electrons. The molecular formula is C22H20FNO4. The van der Waals surface area contributed by atoms with Gasteiger partial charge in [-0.3, -0.25) is 9.59 Å². The number of nitrogens with zero attached hydrogens (tertiary/aromatic N) is 1. The summed E-state index contributed by atoms with van der Waals surface area (Å²) >= 11 is 0. The van der Waals surface area contributed by atoms with Gasteiger partial charge in [0, 0.05) is 18.7 Å². The molecule has 5 nitrogen and oxygen atoms in total. The largest absolute Gasteiger partial charge is 0.507 e. The Balaban J connectivity index is 1.83. The lowest BCUT2D eigenvalue weighted by atomic mass is 9.95. The van der Waals surface area contributed by atoms with Gasteiger partial charge in [-0.2, -0.15) is 0 Å². The van der Waals surface area contributed by atoms with Gasteiger partial charge in [0.05, 0.1) is 17.7 Å².